The molecule has 1 N–H and O–H groups in total. The van der Waals surface area contributed by atoms with Gasteiger partial charge in [-0.1, -0.05) is 6.07 Å². The first kappa shape index (κ1) is 17.3. The van der Waals surface area contributed by atoms with Gasteiger partial charge >= 0.3 is 0 Å². The zero-order valence-electron chi connectivity index (χ0n) is 14.8. The highest BCUT2D eigenvalue weighted by Crippen LogP contribution is 2.17. The third-order valence-corrected chi connectivity index (χ3v) is 4.49. The molecule has 1 aliphatic heterocycles. The van der Waals surface area contributed by atoms with Crippen molar-refractivity contribution in [3.8, 4) is 0 Å². The lowest BCUT2D eigenvalue weighted by molar-refractivity contribution is -0.129. The van der Waals surface area contributed by atoms with Crippen molar-refractivity contribution in [3.63, 3.8) is 0 Å². The monoisotopic (exact) mass is 341 g/mol. The molecule has 1 aliphatic rings. The van der Waals surface area contributed by atoms with Crippen LogP contribution in [0, 0.1) is 19.7 Å². The second-order valence-electron chi connectivity index (χ2n) is 6.57. The number of hydrogen-bond acceptors (Lipinski definition) is 3. The van der Waals surface area contributed by atoms with E-state index in [2.05, 4.69) is 30.1 Å². The van der Waals surface area contributed by atoms with Crippen LogP contribution in [0.1, 0.15) is 11.1 Å². The van der Waals surface area contributed by atoms with Crippen LogP contribution in [0.15, 0.2) is 42.5 Å². The van der Waals surface area contributed by atoms with Crippen LogP contribution in [0.25, 0.3) is 0 Å². The molecule has 0 radical (unpaired) electrons. The van der Waals surface area contributed by atoms with Gasteiger partial charge in [0.25, 0.3) is 0 Å². The topological polar surface area (TPSA) is 35.6 Å². The third-order valence-electron chi connectivity index (χ3n) is 4.49. The standard InChI is InChI=1S/C20H24FN3O/c1-15-11-16(2)13-18(12-15)22-14-20(25)24-9-7-23(8-10-24)19-5-3-17(21)4-6-19/h3-6,11-13,22H,7-10,14H2,1-2H3. The number of nitrogens with one attached hydrogen (secondary N) is 1. The number of nitrogens with zero attached hydrogens (tertiary/aromatic N) is 2. The molecule has 132 valence electrons. The molecule has 1 amide bonds. The minimum Gasteiger partial charge on any atom is -0.376 e. The van der Waals surface area contributed by atoms with Gasteiger partial charge in [0.15, 0.2) is 0 Å². The van der Waals surface area contributed by atoms with Crippen LogP contribution in [0.2, 0.25) is 0 Å². The molecule has 25 heavy (non-hydrogen) atoms. The van der Waals surface area contributed by atoms with E-state index in [4.69, 9.17) is 0 Å². The summed E-state index contributed by atoms with van der Waals surface area (Å²) in [6.07, 6.45) is 0. The van der Waals surface area contributed by atoms with E-state index in [0.29, 0.717) is 19.6 Å². The molecular weight excluding hydrogens is 317 g/mol. The van der Waals surface area contributed by atoms with Crippen molar-refractivity contribution in [2.24, 2.45) is 0 Å². The Bertz CT molecular complexity index is 717. The maximum atomic E-state index is 13.0. The number of aryl methyl sites for hydroxylation is 2. The first-order chi connectivity index (χ1) is 12.0. The van der Waals surface area contributed by atoms with Gasteiger partial charge in [0.1, 0.15) is 5.82 Å². The van der Waals surface area contributed by atoms with E-state index in [-0.39, 0.29) is 11.7 Å². The molecule has 3 rings (SSSR count). The fourth-order valence-electron chi connectivity index (χ4n) is 3.23. The van der Waals surface area contributed by atoms with Crippen LogP contribution in [0.3, 0.4) is 0 Å². The summed E-state index contributed by atoms with van der Waals surface area (Å²) in [7, 11) is 0. The number of halogens is 1. The van der Waals surface area contributed by atoms with Gasteiger partial charge < -0.3 is 15.1 Å². The second-order valence-corrected chi connectivity index (χ2v) is 6.57. The zero-order valence-corrected chi connectivity index (χ0v) is 14.8. The molecule has 2 aromatic rings. The van der Waals surface area contributed by atoms with Crippen LogP contribution >= 0.6 is 0 Å². The largest absolute Gasteiger partial charge is 0.376 e. The number of carbonyl (C=O) groups excluding carboxylic acids is 1. The average Bonchev–Trinajstić information content (AvgIpc) is 2.60. The van der Waals surface area contributed by atoms with Crippen LogP contribution in [-0.4, -0.2) is 43.5 Å². The summed E-state index contributed by atoms with van der Waals surface area (Å²) < 4.78 is 13.0. The van der Waals surface area contributed by atoms with Gasteiger partial charge in [0, 0.05) is 37.6 Å². The highest BCUT2D eigenvalue weighted by Gasteiger charge is 2.21. The summed E-state index contributed by atoms with van der Waals surface area (Å²) >= 11 is 0. The Morgan fingerprint density at radius 1 is 1.00 bits per heavy atom. The van der Waals surface area contributed by atoms with E-state index >= 15 is 0 Å². The fourth-order valence-corrected chi connectivity index (χ4v) is 3.23. The molecule has 1 fully saturated rings. The van der Waals surface area contributed by atoms with E-state index < -0.39 is 0 Å². The third kappa shape index (κ3) is 4.50. The van der Waals surface area contributed by atoms with Crippen molar-refractivity contribution >= 4 is 17.3 Å². The van der Waals surface area contributed by atoms with Crippen LogP contribution < -0.4 is 10.2 Å². The molecule has 0 atom stereocenters. The minimum absolute atomic E-state index is 0.109. The predicted octanol–water partition coefficient (Wildman–Crippen LogP) is 3.20. The Balaban J connectivity index is 1.50. The Morgan fingerprint density at radius 2 is 1.60 bits per heavy atom. The number of anilines is 2. The van der Waals surface area contributed by atoms with E-state index in [0.717, 1.165) is 24.5 Å². The van der Waals surface area contributed by atoms with Crippen LogP contribution in [0.4, 0.5) is 15.8 Å². The van der Waals surface area contributed by atoms with Gasteiger partial charge in [0.2, 0.25) is 5.91 Å². The van der Waals surface area contributed by atoms with E-state index in [1.165, 1.54) is 23.3 Å². The fraction of sp³-hybridized carbons (Fsp3) is 0.350. The minimum atomic E-state index is -0.227. The smallest absolute Gasteiger partial charge is 0.241 e. The second kappa shape index (κ2) is 7.55. The molecule has 0 aromatic heterocycles. The summed E-state index contributed by atoms with van der Waals surface area (Å²) in [6, 6.07) is 12.7. The molecule has 1 saturated heterocycles. The van der Waals surface area contributed by atoms with Crippen LogP contribution in [-0.2, 0) is 4.79 Å². The molecule has 5 heteroatoms. The predicted molar refractivity (Wildman–Crippen MR) is 99.6 cm³/mol. The first-order valence-corrected chi connectivity index (χ1v) is 8.62. The van der Waals surface area contributed by atoms with Gasteiger partial charge in [-0.2, -0.15) is 0 Å². The van der Waals surface area contributed by atoms with E-state index in [9.17, 15) is 9.18 Å². The maximum absolute atomic E-state index is 13.0. The summed E-state index contributed by atoms with van der Waals surface area (Å²) in [5, 5.41) is 3.23. The van der Waals surface area contributed by atoms with Gasteiger partial charge in [-0.25, -0.2) is 4.39 Å². The molecule has 1 heterocycles. The lowest BCUT2D eigenvalue weighted by Crippen LogP contribution is -2.50. The molecule has 0 spiro atoms. The number of carbonyl (C=O) groups is 1. The van der Waals surface area contributed by atoms with Crippen molar-refractivity contribution in [1.29, 1.82) is 0 Å². The number of rotatable bonds is 4. The Morgan fingerprint density at radius 3 is 2.20 bits per heavy atom. The molecule has 0 bridgehead atoms. The highest BCUT2D eigenvalue weighted by molar-refractivity contribution is 5.81. The number of hydrogen-bond donors (Lipinski definition) is 1. The summed E-state index contributed by atoms with van der Waals surface area (Å²) in [6.45, 7) is 7.31. The Labute approximate surface area is 148 Å². The Kier molecular flexibility index (Phi) is 5.22. The first-order valence-electron chi connectivity index (χ1n) is 8.62. The molecule has 0 saturated carbocycles. The van der Waals surface area contributed by atoms with Gasteiger partial charge in [0.05, 0.1) is 6.54 Å². The normalized spacial score (nSPS) is 14.5. The van der Waals surface area contributed by atoms with Crippen molar-refractivity contribution in [2.75, 3.05) is 42.9 Å². The van der Waals surface area contributed by atoms with Gasteiger partial charge in [-0.05, 0) is 61.4 Å². The molecule has 2 aromatic carbocycles. The van der Waals surface area contributed by atoms with E-state index in [1.807, 2.05) is 17.0 Å². The lowest BCUT2D eigenvalue weighted by Gasteiger charge is -2.36. The SMILES string of the molecule is Cc1cc(C)cc(NCC(=O)N2CCN(c3ccc(F)cc3)CC2)c1. The molecule has 0 aliphatic carbocycles. The summed E-state index contributed by atoms with van der Waals surface area (Å²) in [5.74, 6) is -0.118. The average molecular weight is 341 g/mol. The van der Waals surface area contributed by atoms with Crippen LogP contribution in [0.5, 0.6) is 0 Å². The van der Waals surface area contributed by atoms with Gasteiger partial charge in [-0.3, -0.25) is 4.79 Å². The molecular formula is C20H24FN3O. The zero-order chi connectivity index (χ0) is 17.8. The van der Waals surface area contributed by atoms with E-state index in [1.54, 1.807) is 12.1 Å². The number of amides is 1. The maximum Gasteiger partial charge on any atom is 0.241 e. The van der Waals surface area contributed by atoms with Gasteiger partial charge in [-0.15, -0.1) is 0 Å². The molecule has 4 nitrogen and oxygen atoms in total. The summed E-state index contributed by atoms with van der Waals surface area (Å²) in [5.41, 5.74) is 4.35. The number of piperazine rings is 1. The highest BCUT2D eigenvalue weighted by atomic mass is 19.1. The Hall–Kier alpha value is -2.56. The van der Waals surface area contributed by atoms with Crippen molar-refractivity contribution in [1.82, 2.24) is 4.90 Å². The lowest BCUT2D eigenvalue weighted by atomic mass is 10.1. The quantitative estimate of drug-likeness (QED) is 0.928. The van der Waals surface area contributed by atoms with Crippen molar-refractivity contribution in [3.05, 3.63) is 59.4 Å². The molecule has 0 unspecified atom stereocenters. The van der Waals surface area contributed by atoms with Crippen molar-refractivity contribution < 1.29 is 9.18 Å². The summed E-state index contributed by atoms with van der Waals surface area (Å²) in [4.78, 5) is 16.5. The van der Waals surface area contributed by atoms with Crippen molar-refractivity contribution in [2.45, 2.75) is 13.8 Å². The number of benzene rings is 2.